The van der Waals surface area contributed by atoms with Crippen LogP contribution in [0.2, 0.25) is 0 Å². The molecule has 0 radical (unpaired) electrons. The topological polar surface area (TPSA) is 120 Å². The fourth-order valence-corrected chi connectivity index (χ4v) is 2.22. The van der Waals surface area contributed by atoms with Crippen LogP contribution in [0, 0.1) is 10.1 Å². The lowest BCUT2D eigenvalue weighted by atomic mass is 10.1. The Hall–Kier alpha value is -3.62. The minimum atomic E-state index is -1.09. The third-order valence-corrected chi connectivity index (χ3v) is 3.71. The van der Waals surface area contributed by atoms with Gasteiger partial charge in [0.15, 0.2) is 6.10 Å². The smallest absolute Gasteiger partial charge is 0.339 e. The molecular formula is C18H19N3O6. The number of nitrogens with zero attached hydrogens (tertiary/aromatic N) is 1. The average Bonchev–Trinajstić information content (AvgIpc) is 2.67. The van der Waals surface area contributed by atoms with E-state index in [4.69, 9.17) is 9.47 Å². The number of hydrogen-bond donors (Lipinski definition) is 2. The fraction of sp³-hybridized carbons (Fsp3) is 0.222. The zero-order chi connectivity index (χ0) is 20.0. The van der Waals surface area contributed by atoms with Crippen LogP contribution < -0.4 is 15.4 Å². The molecule has 142 valence electrons. The Kier molecular flexibility index (Phi) is 6.32. The van der Waals surface area contributed by atoms with Crippen molar-refractivity contribution < 1.29 is 24.0 Å². The molecule has 1 unspecified atom stereocenters. The lowest BCUT2D eigenvalue weighted by molar-refractivity contribution is -0.384. The minimum absolute atomic E-state index is 0.0233. The van der Waals surface area contributed by atoms with Crippen molar-refractivity contribution >= 4 is 28.9 Å². The van der Waals surface area contributed by atoms with Gasteiger partial charge in [-0.05, 0) is 43.3 Å². The third-order valence-electron chi connectivity index (χ3n) is 3.71. The molecule has 0 bridgehead atoms. The second kappa shape index (κ2) is 8.65. The summed E-state index contributed by atoms with van der Waals surface area (Å²) >= 11 is 0. The molecule has 27 heavy (non-hydrogen) atoms. The van der Waals surface area contributed by atoms with Gasteiger partial charge in [0.05, 0.1) is 17.6 Å². The van der Waals surface area contributed by atoms with E-state index in [9.17, 15) is 19.7 Å². The van der Waals surface area contributed by atoms with E-state index in [2.05, 4.69) is 10.6 Å². The van der Waals surface area contributed by atoms with Crippen molar-refractivity contribution in [2.24, 2.45) is 0 Å². The van der Waals surface area contributed by atoms with Crippen LogP contribution in [0.15, 0.2) is 42.5 Å². The quantitative estimate of drug-likeness (QED) is 0.435. The van der Waals surface area contributed by atoms with E-state index in [0.29, 0.717) is 11.4 Å². The first-order chi connectivity index (χ1) is 12.8. The van der Waals surface area contributed by atoms with Gasteiger partial charge in [-0.25, -0.2) is 4.79 Å². The normalized spacial score (nSPS) is 11.2. The summed E-state index contributed by atoms with van der Waals surface area (Å²) in [7, 11) is 3.06. The number of nitro benzene ring substituents is 1. The molecule has 0 aromatic heterocycles. The molecule has 1 amide bonds. The van der Waals surface area contributed by atoms with E-state index in [1.807, 2.05) is 0 Å². The van der Waals surface area contributed by atoms with E-state index in [0.717, 1.165) is 6.07 Å². The van der Waals surface area contributed by atoms with E-state index in [1.54, 1.807) is 24.3 Å². The van der Waals surface area contributed by atoms with Gasteiger partial charge in [0.2, 0.25) is 0 Å². The predicted octanol–water partition coefficient (Wildman–Crippen LogP) is 2.83. The maximum atomic E-state index is 12.2. The zero-order valence-corrected chi connectivity index (χ0v) is 15.0. The molecule has 9 heteroatoms. The number of carbonyl (C=O) groups is 2. The van der Waals surface area contributed by atoms with Gasteiger partial charge >= 0.3 is 5.97 Å². The molecule has 0 fully saturated rings. The molecule has 2 rings (SSSR count). The van der Waals surface area contributed by atoms with Crippen LogP contribution >= 0.6 is 0 Å². The molecule has 2 aromatic rings. The number of anilines is 2. The molecule has 0 saturated heterocycles. The Morgan fingerprint density at radius 1 is 1.15 bits per heavy atom. The van der Waals surface area contributed by atoms with Crippen LogP contribution in [0.1, 0.15) is 17.3 Å². The van der Waals surface area contributed by atoms with Crippen LogP contribution in [-0.4, -0.2) is 37.1 Å². The Morgan fingerprint density at radius 2 is 1.81 bits per heavy atom. The Bertz CT molecular complexity index is 851. The highest BCUT2D eigenvalue weighted by Crippen LogP contribution is 2.25. The Labute approximate surface area is 155 Å². The predicted molar refractivity (Wildman–Crippen MR) is 99.1 cm³/mol. The van der Waals surface area contributed by atoms with Crippen molar-refractivity contribution in [3.8, 4) is 5.75 Å². The first-order valence-corrected chi connectivity index (χ1v) is 7.97. The van der Waals surface area contributed by atoms with Crippen molar-refractivity contribution in [2.45, 2.75) is 13.0 Å². The number of esters is 1. The van der Waals surface area contributed by atoms with Crippen LogP contribution in [0.4, 0.5) is 17.1 Å². The molecule has 0 aliphatic carbocycles. The standard InChI is InChI=1S/C18H19N3O6/c1-11(17(22)20-13-5-7-14(26-3)8-6-13)27-18(23)12-4-9-15(19-2)16(10-12)21(24)25/h4-11,19H,1-3H3,(H,20,22). The lowest BCUT2D eigenvalue weighted by Gasteiger charge is -2.14. The molecule has 0 saturated carbocycles. The fourth-order valence-electron chi connectivity index (χ4n) is 2.22. The van der Waals surface area contributed by atoms with Crippen LogP contribution in [-0.2, 0) is 9.53 Å². The van der Waals surface area contributed by atoms with Crippen LogP contribution in [0.5, 0.6) is 5.75 Å². The van der Waals surface area contributed by atoms with Gasteiger partial charge in [0, 0.05) is 18.8 Å². The molecule has 1 atom stereocenters. The number of carbonyl (C=O) groups excluding carboxylic acids is 2. The highest BCUT2D eigenvalue weighted by Gasteiger charge is 2.22. The van der Waals surface area contributed by atoms with Crippen molar-refractivity contribution in [3.63, 3.8) is 0 Å². The largest absolute Gasteiger partial charge is 0.497 e. The summed E-state index contributed by atoms with van der Waals surface area (Å²) < 4.78 is 10.1. The van der Waals surface area contributed by atoms with Crippen LogP contribution in [0.25, 0.3) is 0 Å². The van der Waals surface area contributed by atoms with E-state index in [-0.39, 0.29) is 16.9 Å². The SMILES string of the molecule is CNc1ccc(C(=O)OC(C)C(=O)Nc2ccc(OC)cc2)cc1[N+](=O)[O-]. The van der Waals surface area contributed by atoms with Crippen LogP contribution in [0.3, 0.4) is 0 Å². The highest BCUT2D eigenvalue weighted by molar-refractivity contribution is 5.97. The van der Waals surface area contributed by atoms with Gasteiger partial charge < -0.3 is 20.1 Å². The van der Waals surface area contributed by atoms with Crippen molar-refractivity contribution in [1.29, 1.82) is 0 Å². The van der Waals surface area contributed by atoms with Gasteiger partial charge in [0.25, 0.3) is 11.6 Å². The van der Waals surface area contributed by atoms with Gasteiger partial charge in [-0.2, -0.15) is 0 Å². The summed E-state index contributed by atoms with van der Waals surface area (Å²) in [6.45, 7) is 1.41. The lowest BCUT2D eigenvalue weighted by Crippen LogP contribution is -2.30. The van der Waals surface area contributed by atoms with Crippen molar-refractivity contribution in [2.75, 3.05) is 24.8 Å². The number of amides is 1. The molecule has 0 aliphatic rings. The zero-order valence-electron chi connectivity index (χ0n) is 15.0. The third kappa shape index (κ3) is 4.94. The molecular weight excluding hydrogens is 354 g/mol. The number of nitro groups is 1. The number of ether oxygens (including phenoxy) is 2. The molecule has 0 heterocycles. The van der Waals surface area contributed by atoms with E-state index in [1.165, 1.54) is 33.2 Å². The number of nitrogens with one attached hydrogen (secondary N) is 2. The van der Waals surface area contributed by atoms with Crippen molar-refractivity contribution in [3.05, 3.63) is 58.1 Å². The summed E-state index contributed by atoms with van der Waals surface area (Å²) in [6, 6.07) is 10.5. The van der Waals surface area contributed by atoms with E-state index < -0.39 is 22.9 Å². The second-order valence-corrected chi connectivity index (χ2v) is 5.50. The average molecular weight is 373 g/mol. The molecule has 0 aliphatic heterocycles. The highest BCUT2D eigenvalue weighted by atomic mass is 16.6. The number of methoxy groups -OCH3 is 1. The second-order valence-electron chi connectivity index (χ2n) is 5.50. The van der Waals surface area contributed by atoms with Crippen molar-refractivity contribution in [1.82, 2.24) is 0 Å². The first kappa shape index (κ1) is 19.7. The summed E-state index contributed by atoms with van der Waals surface area (Å²) in [5.41, 5.74) is 0.492. The summed E-state index contributed by atoms with van der Waals surface area (Å²) in [5.74, 6) is -0.730. The summed E-state index contributed by atoms with van der Waals surface area (Å²) in [6.07, 6.45) is -1.09. The number of benzene rings is 2. The minimum Gasteiger partial charge on any atom is -0.497 e. The Morgan fingerprint density at radius 3 is 2.37 bits per heavy atom. The summed E-state index contributed by atoms with van der Waals surface area (Å²) in [4.78, 5) is 34.8. The maximum Gasteiger partial charge on any atom is 0.339 e. The number of hydrogen-bond acceptors (Lipinski definition) is 7. The van der Waals surface area contributed by atoms with Gasteiger partial charge in [0.1, 0.15) is 11.4 Å². The maximum absolute atomic E-state index is 12.2. The first-order valence-electron chi connectivity index (χ1n) is 7.97. The molecule has 2 N–H and O–H groups in total. The molecule has 0 spiro atoms. The summed E-state index contributed by atoms with van der Waals surface area (Å²) in [5, 5.41) is 16.4. The molecule has 9 nitrogen and oxygen atoms in total. The number of rotatable bonds is 7. The van der Waals surface area contributed by atoms with Gasteiger partial charge in [-0.15, -0.1) is 0 Å². The van der Waals surface area contributed by atoms with Gasteiger partial charge in [-0.3, -0.25) is 14.9 Å². The van der Waals surface area contributed by atoms with Gasteiger partial charge in [-0.1, -0.05) is 0 Å². The van der Waals surface area contributed by atoms with E-state index >= 15 is 0 Å². The monoisotopic (exact) mass is 373 g/mol. The molecule has 2 aromatic carbocycles. The Balaban J connectivity index is 2.04.